The van der Waals surface area contributed by atoms with Crippen LogP contribution >= 0.6 is 0 Å². The second-order valence-corrected chi connectivity index (χ2v) is 4.13. The summed E-state index contributed by atoms with van der Waals surface area (Å²) in [5.41, 5.74) is 7.05. The van der Waals surface area contributed by atoms with E-state index in [0.717, 1.165) is 31.5 Å². The molecule has 1 saturated heterocycles. The summed E-state index contributed by atoms with van der Waals surface area (Å²) >= 11 is 0. The van der Waals surface area contributed by atoms with Crippen LogP contribution in [0.1, 0.15) is 18.4 Å². The largest absolute Gasteiger partial charge is 0.506 e. The van der Waals surface area contributed by atoms with Crippen LogP contribution in [0.5, 0.6) is 5.75 Å². The first-order valence-corrected chi connectivity index (χ1v) is 5.52. The third-order valence-electron chi connectivity index (χ3n) is 2.93. The Morgan fingerprint density at radius 1 is 1.44 bits per heavy atom. The number of nitrogen functional groups attached to an aromatic ring is 1. The molecular formula is C12H16N2O2. The highest BCUT2D eigenvalue weighted by atomic mass is 16.3. The zero-order valence-corrected chi connectivity index (χ0v) is 9.15. The minimum Gasteiger partial charge on any atom is -0.506 e. The number of nitrogens with two attached hydrogens (primary N) is 1. The molecule has 0 atom stereocenters. The number of amides is 1. The van der Waals surface area contributed by atoms with Crippen LogP contribution < -0.4 is 5.73 Å². The molecule has 0 aromatic heterocycles. The first kappa shape index (κ1) is 10.8. The molecule has 1 heterocycles. The predicted octanol–water partition coefficient (Wildman–Crippen LogP) is 1.14. The summed E-state index contributed by atoms with van der Waals surface area (Å²) in [6.45, 7) is 1.61. The van der Waals surface area contributed by atoms with E-state index in [2.05, 4.69) is 0 Å². The molecule has 0 spiro atoms. The van der Waals surface area contributed by atoms with E-state index in [1.165, 1.54) is 0 Å². The number of phenols is 1. The number of anilines is 1. The average molecular weight is 220 g/mol. The molecule has 1 fully saturated rings. The molecule has 1 aliphatic heterocycles. The Bertz CT molecular complexity index is 404. The molecule has 1 amide bonds. The molecule has 3 N–H and O–H groups in total. The molecule has 0 saturated carbocycles. The van der Waals surface area contributed by atoms with Gasteiger partial charge in [0.2, 0.25) is 5.91 Å². The first-order chi connectivity index (χ1) is 7.66. The first-order valence-electron chi connectivity index (χ1n) is 5.52. The maximum atomic E-state index is 11.4. The summed E-state index contributed by atoms with van der Waals surface area (Å²) in [7, 11) is 0. The monoisotopic (exact) mass is 220 g/mol. The van der Waals surface area contributed by atoms with Crippen molar-refractivity contribution in [2.24, 2.45) is 0 Å². The molecule has 86 valence electrons. The van der Waals surface area contributed by atoms with Crippen molar-refractivity contribution in [1.29, 1.82) is 0 Å². The number of nitrogens with zero attached hydrogens (tertiary/aromatic N) is 1. The number of carbonyl (C=O) groups is 1. The van der Waals surface area contributed by atoms with E-state index in [1.54, 1.807) is 12.1 Å². The van der Waals surface area contributed by atoms with Gasteiger partial charge in [0.1, 0.15) is 5.75 Å². The van der Waals surface area contributed by atoms with E-state index in [-0.39, 0.29) is 11.7 Å². The summed E-state index contributed by atoms with van der Waals surface area (Å²) in [4.78, 5) is 13.3. The number of benzene rings is 1. The topological polar surface area (TPSA) is 66.6 Å². The fourth-order valence-electron chi connectivity index (χ4n) is 1.96. The quantitative estimate of drug-likeness (QED) is 0.593. The van der Waals surface area contributed by atoms with Crippen LogP contribution in [0.4, 0.5) is 5.69 Å². The molecule has 1 aliphatic rings. The third kappa shape index (κ3) is 2.27. The lowest BCUT2D eigenvalue weighted by Crippen LogP contribution is -2.26. The van der Waals surface area contributed by atoms with Crippen molar-refractivity contribution < 1.29 is 9.90 Å². The van der Waals surface area contributed by atoms with Crippen LogP contribution in [0, 0.1) is 0 Å². The van der Waals surface area contributed by atoms with Crippen molar-refractivity contribution in [2.75, 3.05) is 18.8 Å². The number of aromatic hydroxyl groups is 1. The molecule has 4 heteroatoms. The standard InChI is InChI=1S/C12H16N2O2/c13-10-8-9(3-4-11(10)15)5-7-14-6-1-2-12(14)16/h3-4,8,15H,1-2,5-7,13H2. The zero-order valence-electron chi connectivity index (χ0n) is 9.15. The Kier molecular flexibility index (Phi) is 2.99. The predicted molar refractivity (Wildman–Crippen MR) is 62.0 cm³/mol. The van der Waals surface area contributed by atoms with Crippen molar-refractivity contribution >= 4 is 11.6 Å². The molecule has 0 bridgehead atoms. The van der Waals surface area contributed by atoms with Crippen LogP contribution in [0.2, 0.25) is 0 Å². The summed E-state index contributed by atoms with van der Waals surface area (Å²) in [6.07, 6.45) is 2.44. The van der Waals surface area contributed by atoms with Gasteiger partial charge in [-0.2, -0.15) is 0 Å². The average Bonchev–Trinajstić information content (AvgIpc) is 2.66. The highest BCUT2D eigenvalue weighted by molar-refractivity contribution is 5.78. The Morgan fingerprint density at radius 2 is 2.25 bits per heavy atom. The molecule has 2 rings (SSSR count). The van der Waals surface area contributed by atoms with Crippen molar-refractivity contribution in [3.05, 3.63) is 23.8 Å². The SMILES string of the molecule is Nc1cc(CCN2CCCC2=O)ccc1O. The number of carbonyl (C=O) groups excluding carboxylic acids is 1. The summed E-state index contributed by atoms with van der Waals surface area (Å²) in [5, 5.41) is 9.28. The molecule has 1 aromatic carbocycles. The van der Waals surface area contributed by atoms with Gasteiger partial charge in [0.15, 0.2) is 0 Å². The molecule has 0 unspecified atom stereocenters. The van der Waals surface area contributed by atoms with Gasteiger partial charge in [-0.25, -0.2) is 0 Å². The van der Waals surface area contributed by atoms with Crippen molar-refractivity contribution in [3.63, 3.8) is 0 Å². The fraction of sp³-hybridized carbons (Fsp3) is 0.417. The van der Waals surface area contributed by atoms with Crippen LogP contribution in [-0.2, 0) is 11.2 Å². The van der Waals surface area contributed by atoms with Crippen LogP contribution in [0.3, 0.4) is 0 Å². The Labute approximate surface area is 94.7 Å². The lowest BCUT2D eigenvalue weighted by molar-refractivity contribution is -0.127. The molecule has 0 aliphatic carbocycles. The van der Waals surface area contributed by atoms with E-state index >= 15 is 0 Å². The van der Waals surface area contributed by atoms with Gasteiger partial charge in [0.05, 0.1) is 5.69 Å². The van der Waals surface area contributed by atoms with E-state index in [4.69, 9.17) is 5.73 Å². The number of hydrogen-bond donors (Lipinski definition) is 2. The smallest absolute Gasteiger partial charge is 0.222 e. The van der Waals surface area contributed by atoms with E-state index in [9.17, 15) is 9.90 Å². The van der Waals surface area contributed by atoms with Gasteiger partial charge in [-0.3, -0.25) is 4.79 Å². The van der Waals surface area contributed by atoms with Gasteiger partial charge in [0, 0.05) is 19.5 Å². The van der Waals surface area contributed by atoms with Crippen LogP contribution in [0.25, 0.3) is 0 Å². The second-order valence-electron chi connectivity index (χ2n) is 4.13. The van der Waals surface area contributed by atoms with Gasteiger partial charge < -0.3 is 15.7 Å². The number of hydrogen-bond acceptors (Lipinski definition) is 3. The van der Waals surface area contributed by atoms with E-state index < -0.39 is 0 Å². The van der Waals surface area contributed by atoms with Crippen molar-refractivity contribution in [2.45, 2.75) is 19.3 Å². The minimum absolute atomic E-state index is 0.112. The molecule has 16 heavy (non-hydrogen) atoms. The highest BCUT2D eigenvalue weighted by Crippen LogP contribution is 2.21. The van der Waals surface area contributed by atoms with Gasteiger partial charge in [-0.05, 0) is 30.5 Å². The van der Waals surface area contributed by atoms with Crippen molar-refractivity contribution in [3.8, 4) is 5.75 Å². The Balaban J connectivity index is 1.94. The maximum Gasteiger partial charge on any atom is 0.222 e. The molecular weight excluding hydrogens is 204 g/mol. The van der Waals surface area contributed by atoms with Gasteiger partial charge in [-0.15, -0.1) is 0 Å². The summed E-state index contributed by atoms with van der Waals surface area (Å²) < 4.78 is 0. The molecule has 4 nitrogen and oxygen atoms in total. The van der Waals surface area contributed by atoms with Gasteiger partial charge in [0.25, 0.3) is 0 Å². The number of rotatable bonds is 3. The van der Waals surface area contributed by atoms with Crippen LogP contribution in [0.15, 0.2) is 18.2 Å². The Morgan fingerprint density at radius 3 is 2.88 bits per heavy atom. The number of likely N-dealkylation sites (tertiary alicyclic amines) is 1. The summed E-state index contributed by atoms with van der Waals surface area (Å²) in [5.74, 6) is 0.354. The normalized spacial score (nSPS) is 15.8. The molecule has 0 radical (unpaired) electrons. The lowest BCUT2D eigenvalue weighted by Gasteiger charge is -2.15. The number of phenolic OH excluding ortho intramolecular Hbond substituents is 1. The second kappa shape index (κ2) is 4.43. The zero-order chi connectivity index (χ0) is 11.5. The lowest BCUT2D eigenvalue weighted by atomic mass is 10.1. The van der Waals surface area contributed by atoms with Crippen LogP contribution in [-0.4, -0.2) is 29.0 Å². The Hall–Kier alpha value is -1.71. The van der Waals surface area contributed by atoms with Gasteiger partial charge in [-0.1, -0.05) is 6.07 Å². The maximum absolute atomic E-state index is 11.4. The third-order valence-corrected chi connectivity index (χ3v) is 2.93. The van der Waals surface area contributed by atoms with E-state index in [0.29, 0.717) is 12.1 Å². The minimum atomic E-state index is 0.112. The van der Waals surface area contributed by atoms with Crippen molar-refractivity contribution in [1.82, 2.24) is 4.90 Å². The van der Waals surface area contributed by atoms with E-state index in [1.807, 2.05) is 11.0 Å². The molecule has 1 aromatic rings. The fourth-order valence-corrected chi connectivity index (χ4v) is 1.96. The summed E-state index contributed by atoms with van der Waals surface area (Å²) in [6, 6.07) is 5.19. The van der Waals surface area contributed by atoms with Gasteiger partial charge >= 0.3 is 0 Å². The highest BCUT2D eigenvalue weighted by Gasteiger charge is 2.19.